The second-order valence-electron chi connectivity index (χ2n) is 4.79. The third kappa shape index (κ3) is 2.50. The topological polar surface area (TPSA) is 80.9 Å². The summed E-state index contributed by atoms with van der Waals surface area (Å²) in [5.41, 5.74) is 0. The van der Waals surface area contributed by atoms with E-state index in [1.807, 2.05) is 18.7 Å². The highest BCUT2D eigenvalue weighted by atomic mass is 32.2. The maximum Gasteiger partial charge on any atom is 0.305 e. The summed E-state index contributed by atoms with van der Waals surface area (Å²) in [6.45, 7) is 4.10. The molecule has 0 saturated carbocycles. The molecule has 0 amide bonds. The highest BCUT2D eigenvalue weighted by Gasteiger charge is 2.38. The summed E-state index contributed by atoms with van der Waals surface area (Å²) in [7, 11) is 0. The highest BCUT2D eigenvalue weighted by Crippen LogP contribution is 2.45. The Hall–Kier alpha value is -1.11. The molecule has 0 spiro atoms. The molecule has 1 aromatic rings. The van der Waals surface area contributed by atoms with Crippen LogP contribution in [0.1, 0.15) is 51.4 Å². The summed E-state index contributed by atoms with van der Waals surface area (Å²) >= 11 is 1.85. The van der Waals surface area contributed by atoms with Crippen LogP contribution in [0.3, 0.4) is 0 Å². The fraction of sp³-hybridized carbons (Fsp3) is 0.818. The minimum absolute atomic E-state index is 0.0648. The third-order valence-corrected chi connectivity index (χ3v) is 4.93. The number of hydrogen-bond donors (Lipinski definition) is 1. The minimum atomic E-state index is -0.812. The van der Waals surface area contributed by atoms with Gasteiger partial charge >= 0.3 is 5.97 Å². The van der Waals surface area contributed by atoms with Gasteiger partial charge in [-0.15, -0.1) is 16.9 Å². The summed E-state index contributed by atoms with van der Waals surface area (Å²) in [6.07, 6.45) is 2.98. The molecule has 2 heterocycles. The van der Waals surface area contributed by atoms with Crippen LogP contribution in [0.4, 0.5) is 0 Å². The van der Waals surface area contributed by atoms with Gasteiger partial charge in [-0.1, -0.05) is 6.92 Å². The van der Waals surface area contributed by atoms with Crippen molar-refractivity contribution < 1.29 is 9.90 Å². The average Bonchev–Trinajstić information content (AvgIpc) is 2.94. The predicted molar refractivity (Wildman–Crippen MR) is 68.4 cm³/mol. The van der Waals surface area contributed by atoms with Crippen molar-refractivity contribution in [1.29, 1.82) is 0 Å². The molecule has 1 saturated heterocycles. The van der Waals surface area contributed by atoms with E-state index in [1.54, 1.807) is 4.68 Å². The Balaban J connectivity index is 2.28. The van der Waals surface area contributed by atoms with E-state index in [-0.39, 0.29) is 17.2 Å². The van der Waals surface area contributed by atoms with Crippen molar-refractivity contribution in [3.8, 4) is 0 Å². The Morgan fingerprint density at radius 1 is 1.67 bits per heavy atom. The van der Waals surface area contributed by atoms with Gasteiger partial charge in [0, 0.05) is 0 Å². The molecule has 1 aromatic heterocycles. The van der Waals surface area contributed by atoms with Gasteiger partial charge in [-0.2, -0.15) is 0 Å². The predicted octanol–water partition coefficient (Wildman–Crippen LogP) is 1.84. The fourth-order valence-corrected chi connectivity index (χ4v) is 3.64. The number of tetrazole rings is 1. The lowest BCUT2D eigenvalue weighted by Gasteiger charge is -2.24. The molecule has 2 unspecified atom stereocenters. The number of carboxylic acids is 1. The first-order chi connectivity index (χ1) is 8.57. The normalized spacial score (nSPS) is 25.2. The summed E-state index contributed by atoms with van der Waals surface area (Å²) in [5.74, 6) is 1.12. The van der Waals surface area contributed by atoms with Crippen LogP contribution < -0.4 is 0 Å². The van der Waals surface area contributed by atoms with Crippen LogP contribution >= 0.6 is 11.8 Å². The van der Waals surface area contributed by atoms with Crippen molar-refractivity contribution in [2.24, 2.45) is 0 Å². The molecule has 18 heavy (non-hydrogen) atoms. The zero-order chi connectivity index (χ0) is 13.2. The molecule has 7 heteroatoms. The van der Waals surface area contributed by atoms with E-state index in [1.165, 1.54) is 0 Å². The van der Waals surface area contributed by atoms with Gasteiger partial charge in [-0.25, -0.2) is 4.68 Å². The van der Waals surface area contributed by atoms with Crippen LogP contribution in [0.5, 0.6) is 0 Å². The number of hydrogen-bond acceptors (Lipinski definition) is 5. The zero-order valence-corrected chi connectivity index (χ0v) is 11.5. The lowest BCUT2D eigenvalue weighted by molar-refractivity contribution is -0.138. The van der Waals surface area contributed by atoms with Gasteiger partial charge < -0.3 is 5.11 Å². The van der Waals surface area contributed by atoms with Gasteiger partial charge in [0.15, 0.2) is 5.82 Å². The number of nitrogens with zero attached hydrogens (tertiary/aromatic N) is 4. The molecule has 2 rings (SSSR count). The molecule has 1 N–H and O–H groups in total. The van der Waals surface area contributed by atoms with Crippen LogP contribution in [0.15, 0.2) is 0 Å². The SMILES string of the molecule is CCC(CC(=O)O)n1nnnc1C1(C)CCCS1. The first-order valence-electron chi connectivity index (χ1n) is 6.21. The summed E-state index contributed by atoms with van der Waals surface area (Å²) in [5, 5.41) is 20.8. The van der Waals surface area contributed by atoms with Crippen molar-refractivity contribution >= 4 is 17.7 Å². The van der Waals surface area contributed by atoms with Crippen LogP contribution in [-0.2, 0) is 9.54 Å². The van der Waals surface area contributed by atoms with Gasteiger partial charge in [0.1, 0.15) is 0 Å². The van der Waals surface area contributed by atoms with Crippen LogP contribution in [-0.4, -0.2) is 37.0 Å². The van der Waals surface area contributed by atoms with Crippen molar-refractivity contribution in [3.63, 3.8) is 0 Å². The Morgan fingerprint density at radius 2 is 2.44 bits per heavy atom. The standard InChI is InChI=1S/C11H18N4O2S/c1-3-8(7-9(16)17)15-10(12-13-14-15)11(2)5-4-6-18-11/h8H,3-7H2,1-2H3,(H,16,17). The van der Waals surface area contributed by atoms with Gasteiger partial charge in [-0.3, -0.25) is 4.79 Å². The highest BCUT2D eigenvalue weighted by molar-refractivity contribution is 8.00. The molecule has 0 aliphatic carbocycles. The van der Waals surface area contributed by atoms with Crippen LogP contribution in [0, 0.1) is 0 Å². The number of carbonyl (C=O) groups is 1. The molecule has 0 bridgehead atoms. The summed E-state index contributed by atoms with van der Waals surface area (Å²) in [6, 6.07) is -0.162. The number of rotatable bonds is 5. The molecule has 2 atom stereocenters. The molecule has 1 aliphatic heterocycles. The largest absolute Gasteiger partial charge is 0.481 e. The van der Waals surface area contributed by atoms with Crippen molar-refractivity contribution in [3.05, 3.63) is 5.82 Å². The molecular weight excluding hydrogens is 252 g/mol. The maximum absolute atomic E-state index is 10.9. The number of aliphatic carboxylic acids is 1. The average molecular weight is 270 g/mol. The minimum Gasteiger partial charge on any atom is -0.481 e. The number of thioether (sulfide) groups is 1. The van der Waals surface area contributed by atoms with Crippen molar-refractivity contribution in [2.45, 2.75) is 50.3 Å². The summed E-state index contributed by atoms with van der Waals surface area (Å²) < 4.78 is 1.64. The first-order valence-corrected chi connectivity index (χ1v) is 7.19. The van der Waals surface area contributed by atoms with E-state index in [9.17, 15) is 4.79 Å². The smallest absolute Gasteiger partial charge is 0.305 e. The Kier molecular flexibility index (Phi) is 3.89. The Labute approximate surface area is 110 Å². The molecule has 1 aliphatic rings. The molecule has 1 fully saturated rings. The summed E-state index contributed by atoms with van der Waals surface area (Å²) in [4.78, 5) is 10.9. The first kappa shape index (κ1) is 13.3. The van der Waals surface area contributed by atoms with Crippen LogP contribution in [0.2, 0.25) is 0 Å². The second-order valence-corrected chi connectivity index (χ2v) is 6.39. The number of aromatic nitrogens is 4. The maximum atomic E-state index is 10.9. The molecule has 0 aromatic carbocycles. The van der Waals surface area contributed by atoms with Gasteiger partial charge in [-0.05, 0) is 42.4 Å². The van der Waals surface area contributed by atoms with Gasteiger partial charge in [0.2, 0.25) is 0 Å². The van der Waals surface area contributed by atoms with E-state index in [4.69, 9.17) is 5.11 Å². The van der Waals surface area contributed by atoms with Gasteiger partial charge in [0.05, 0.1) is 17.2 Å². The molecule has 0 radical (unpaired) electrons. The monoisotopic (exact) mass is 270 g/mol. The molecule has 6 nitrogen and oxygen atoms in total. The van der Waals surface area contributed by atoms with E-state index in [2.05, 4.69) is 22.4 Å². The lowest BCUT2D eigenvalue weighted by atomic mass is 10.0. The molecular formula is C11H18N4O2S. The third-order valence-electron chi connectivity index (χ3n) is 3.41. The Morgan fingerprint density at radius 3 is 3.00 bits per heavy atom. The zero-order valence-electron chi connectivity index (χ0n) is 10.7. The second kappa shape index (κ2) is 5.26. The molecule has 100 valence electrons. The fourth-order valence-electron chi connectivity index (χ4n) is 2.35. The Bertz CT molecular complexity index is 428. The van der Waals surface area contributed by atoms with E-state index >= 15 is 0 Å². The number of carboxylic acid groups (broad SMARTS) is 1. The van der Waals surface area contributed by atoms with Gasteiger partial charge in [0.25, 0.3) is 0 Å². The van der Waals surface area contributed by atoms with Crippen molar-refractivity contribution in [2.75, 3.05) is 5.75 Å². The van der Waals surface area contributed by atoms with E-state index in [0.717, 1.165) is 24.4 Å². The van der Waals surface area contributed by atoms with Crippen LogP contribution in [0.25, 0.3) is 0 Å². The van der Waals surface area contributed by atoms with Crippen molar-refractivity contribution in [1.82, 2.24) is 20.2 Å². The quantitative estimate of drug-likeness (QED) is 0.879. The lowest BCUT2D eigenvalue weighted by Crippen LogP contribution is -2.25. The van der Waals surface area contributed by atoms with E-state index < -0.39 is 5.97 Å². The van der Waals surface area contributed by atoms with E-state index in [0.29, 0.717) is 6.42 Å².